The first-order valence-electron chi connectivity index (χ1n) is 7.64. The van der Waals surface area contributed by atoms with Gasteiger partial charge in [-0.05, 0) is 12.8 Å². The fourth-order valence-electron chi connectivity index (χ4n) is 3.27. The van der Waals surface area contributed by atoms with E-state index < -0.39 is 0 Å². The summed E-state index contributed by atoms with van der Waals surface area (Å²) in [5.74, 6) is 0.896. The summed E-state index contributed by atoms with van der Waals surface area (Å²) < 4.78 is 11.1. The molecule has 2 fully saturated rings. The molecule has 0 aliphatic carbocycles. The zero-order valence-electron chi connectivity index (χ0n) is 12.9. The van der Waals surface area contributed by atoms with Crippen molar-refractivity contribution in [1.82, 2.24) is 14.9 Å². The van der Waals surface area contributed by atoms with Crippen LogP contribution in [-0.4, -0.2) is 72.9 Å². The van der Waals surface area contributed by atoms with Gasteiger partial charge in [-0.15, -0.1) is 0 Å². The quantitative estimate of drug-likeness (QED) is 0.801. The van der Waals surface area contributed by atoms with E-state index in [1.807, 2.05) is 4.90 Å². The monoisotopic (exact) mass is 306 g/mol. The molecule has 1 aromatic rings. The Morgan fingerprint density at radius 1 is 1.41 bits per heavy atom. The molecule has 0 bridgehead atoms. The predicted octanol–water partition coefficient (Wildman–Crippen LogP) is 0.321. The van der Waals surface area contributed by atoms with Crippen LogP contribution >= 0.6 is 0 Å². The number of methoxy groups -OCH3 is 1. The number of anilines is 1. The molecular formula is C15H22N4O3. The van der Waals surface area contributed by atoms with Gasteiger partial charge in [-0.3, -0.25) is 9.78 Å². The Morgan fingerprint density at radius 3 is 3.09 bits per heavy atom. The summed E-state index contributed by atoms with van der Waals surface area (Å²) in [6.45, 7) is 3.63. The molecule has 2 aliphatic rings. The summed E-state index contributed by atoms with van der Waals surface area (Å²) in [7, 11) is 1.55. The lowest BCUT2D eigenvalue weighted by molar-refractivity contribution is -0.155. The largest absolute Gasteiger partial charge is 0.375 e. The number of hydrogen-bond donors (Lipinski definition) is 0. The van der Waals surface area contributed by atoms with E-state index in [1.54, 1.807) is 25.7 Å². The lowest BCUT2D eigenvalue weighted by Crippen LogP contribution is -2.61. The Morgan fingerprint density at radius 2 is 2.32 bits per heavy atom. The van der Waals surface area contributed by atoms with Crippen molar-refractivity contribution in [1.29, 1.82) is 0 Å². The average Bonchev–Trinajstić information content (AvgIpc) is 2.56. The van der Waals surface area contributed by atoms with Crippen LogP contribution in [0, 0.1) is 0 Å². The molecule has 120 valence electrons. The van der Waals surface area contributed by atoms with Crippen LogP contribution in [-0.2, 0) is 14.3 Å². The van der Waals surface area contributed by atoms with Crippen LogP contribution in [0.3, 0.4) is 0 Å². The highest BCUT2D eigenvalue weighted by atomic mass is 16.5. The normalized spacial score (nSPS) is 25.5. The van der Waals surface area contributed by atoms with E-state index in [-0.39, 0.29) is 18.1 Å². The van der Waals surface area contributed by atoms with Crippen LogP contribution in [0.5, 0.6) is 0 Å². The molecule has 0 saturated carbocycles. The van der Waals surface area contributed by atoms with Crippen molar-refractivity contribution in [2.24, 2.45) is 0 Å². The minimum absolute atomic E-state index is 0.0294. The molecule has 3 rings (SSSR count). The number of hydrogen-bond acceptors (Lipinski definition) is 6. The Bertz CT molecular complexity index is 509. The lowest BCUT2D eigenvalue weighted by Gasteiger charge is -2.48. The number of aromatic nitrogens is 2. The Balaban J connectivity index is 1.71. The molecule has 1 unspecified atom stereocenters. The standard InChI is InChI=1S/C15H22N4O3/c1-21-10-14(20)19-7-8-22-15(12-19)3-2-6-18(11-15)13-9-16-4-5-17-13/h4-5,9H,2-3,6-8,10-12H2,1H3. The molecule has 2 saturated heterocycles. The summed E-state index contributed by atoms with van der Waals surface area (Å²) >= 11 is 0. The third-order valence-corrected chi connectivity index (χ3v) is 4.28. The topological polar surface area (TPSA) is 67.8 Å². The molecule has 1 aromatic heterocycles. The van der Waals surface area contributed by atoms with Crippen molar-refractivity contribution in [3.63, 3.8) is 0 Å². The highest BCUT2D eigenvalue weighted by molar-refractivity contribution is 5.77. The van der Waals surface area contributed by atoms with Gasteiger partial charge in [0.05, 0.1) is 25.9 Å². The highest BCUT2D eigenvalue weighted by Gasteiger charge is 2.42. The fraction of sp³-hybridized carbons (Fsp3) is 0.667. The maximum absolute atomic E-state index is 12.1. The van der Waals surface area contributed by atoms with Gasteiger partial charge in [0.15, 0.2) is 0 Å². The second kappa shape index (κ2) is 6.58. The van der Waals surface area contributed by atoms with Gasteiger partial charge in [0.2, 0.25) is 5.91 Å². The average molecular weight is 306 g/mol. The molecule has 0 aromatic carbocycles. The number of amides is 1. The van der Waals surface area contributed by atoms with Crippen LogP contribution < -0.4 is 4.90 Å². The van der Waals surface area contributed by atoms with Gasteiger partial charge >= 0.3 is 0 Å². The minimum Gasteiger partial charge on any atom is -0.375 e. The first-order chi connectivity index (χ1) is 10.7. The van der Waals surface area contributed by atoms with Gasteiger partial charge in [-0.2, -0.15) is 0 Å². The summed E-state index contributed by atoms with van der Waals surface area (Å²) in [5.41, 5.74) is -0.308. The zero-order chi connectivity index (χ0) is 15.4. The van der Waals surface area contributed by atoms with Gasteiger partial charge in [0.25, 0.3) is 0 Å². The second-order valence-corrected chi connectivity index (χ2v) is 5.87. The number of rotatable bonds is 3. The molecule has 1 atom stereocenters. The molecule has 0 N–H and O–H groups in total. The molecular weight excluding hydrogens is 284 g/mol. The van der Waals surface area contributed by atoms with Crippen molar-refractivity contribution in [2.75, 3.05) is 51.4 Å². The Hall–Kier alpha value is -1.73. The number of ether oxygens (including phenoxy) is 2. The maximum Gasteiger partial charge on any atom is 0.248 e. The van der Waals surface area contributed by atoms with Gasteiger partial charge in [0, 0.05) is 32.6 Å². The van der Waals surface area contributed by atoms with Gasteiger partial charge < -0.3 is 19.3 Å². The number of nitrogens with zero attached hydrogens (tertiary/aromatic N) is 4. The number of carbonyl (C=O) groups excluding carboxylic acids is 1. The van der Waals surface area contributed by atoms with E-state index in [0.29, 0.717) is 19.7 Å². The van der Waals surface area contributed by atoms with Crippen LogP contribution in [0.4, 0.5) is 5.82 Å². The van der Waals surface area contributed by atoms with Crippen molar-refractivity contribution in [2.45, 2.75) is 18.4 Å². The van der Waals surface area contributed by atoms with Crippen LogP contribution in [0.2, 0.25) is 0 Å². The number of piperidine rings is 1. The van der Waals surface area contributed by atoms with Crippen molar-refractivity contribution in [3.05, 3.63) is 18.6 Å². The summed E-state index contributed by atoms with van der Waals surface area (Å²) in [6, 6.07) is 0. The molecule has 3 heterocycles. The van der Waals surface area contributed by atoms with E-state index in [4.69, 9.17) is 9.47 Å². The maximum atomic E-state index is 12.1. The van der Waals surface area contributed by atoms with E-state index >= 15 is 0 Å². The molecule has 22 heavy (non-hydrogen) atoms. The molecule has 7 heteroatoms. The minimum atomic E-state index is -0.308. The summed E-state index contributed by atoms with van der Waals surface area (Å²) in [4.78, 5) is 24.6. The smallest absolute Gasteiger partial charge is 0.248 e. The summed E-state index contributed by atoms with van der Waals surface area (Å²) in [6.07, 6.45) is 7.12. The third kappa shape index (κ3) is 3.20. The van der Waals surface area contributed by atoms with E-state index in [9.17, 15) is 4.79 Å². The third-order valence-electron chi connectivity index (χ3n) is 4.28. The number of carbonyl (C=O) groups is 1. The SMILES string of the molecule is COCC(=O)N1CCOC2(CCCN(c3cnccn3)C2)C1. The molecule has 0 radical (unpaired) electrons. The van der Waals surface area contributed by atoms with Crippen molar-refractivity contribution in [3.8, 4) is 0 Å². The summed E-state index contributed by atoms with van der Waals surface area (Å²) in [5, 5.41) is 0. The van der Waals surface area contributed by atoms with E-state index in [2.05, 4.69) is 14.9 Å². The van der Waals surface area contributed by atoms with Gasteiger partial charge in [-0.25, -0.2) is 4.98 Å². The van der Waals surface area contributed by atoms with Crippen molar-refractivity contribution >= 4 is 11.7 Å². The molecule has 2 aliphatic heterocycles. The van der Waals surface area contributed by atoms with Gasteiger partial charge in [-0.1, -0.05) is 0 Å². The highest BCUT2D eigenvalue weighted by Crippen LogP contribution is 2.30. The molecule has 1 amide bonds. The number of morpholine rings is 1. The van der Waals surface area contributed by atoms with Gasteiger partial charge in [0.1, 0.15) is 18.0 Å². The lowest BCUT2D eigenvalue weighted by atomic mass is 9.90. The van der Waals surface area contributed by atoms with Crippen LogP contribution in [0.15, 0.2) is 18.6 Å². The zero-order valence-corrected chi connectivity index (χ0v) is 12.9. The first kappa shape index (κ1) is 15.2. The Kier molecular flexibility index (Phi) is 4.54. The van der Waals surface area contributed by atoms with Crippen molar-refractivity contribution < 1.29 is 14.3 Å². The Labute approximate surface area is 130 Å². The van der Waals surface area contributed by atoms with E-state index in [1.165, 1.54) is 0 Å². The van der Waals surface area contributed by atoms with Crippen LogP contribution in [0.1, 0.15) is 12.8 Å². The molecule has 1 spiro atoms. The van der Waals surface area contributed by atoms with E-state index in [0.717, 1.165) is 31.7 Å². The second-order valence-electron chi connectivity index (χ2n) is 5.87. The first-order valence-corrected chi connectivity index (χ1v) is 7.64. The predicted molar refractivity (Wildman–Crippen MR) is 80.6 cm³/mol. The van der Waals surface area contributed by atoms with Crippen LogP contribution in [0.25, 0.3) is 0 Å². The molecule has 7 nitrogen and oxygen atoms in total. The fourth-order valence-corrected chi connectivity index (χ4v) is 3.27.